The molecule has 1 aromatic rings. The van der Waals surface area contributed by atoms with E-state index in [0.29, 0.717) is 12.2 Å². The number of hydrogen-bond acceptors (Lipinski definition) is 3. The first-order valence-electron chi connectivity index (χ1n) is 5.90. The first-order chi connectivity index (χ1) is 8.13. The van der Waals surface area contributed by atoms with Crippen molar-refractivity contribution in [2.75, 3.05) is 18.1 Å². The van der Waals surface area contributed by atoms with Crippen molar-refractivity contribution in [2.45, 2.75) is 32.6 Å². The van der Waals surface area contributed by atoms with Gasteiger partial charge in [-0.15, -0.1) is 0 Å². The fraction of sp³-hybridized carbons (Fsp3) is 0.538. The number of halogens is 1. The summed E-state index contributed by atoms with van der Waals surface area (Å²) in [5.41, 5.74) is 1.14. The van der Waals surface area contributed by atoms with Gasteiger partial charge < -0.3 is 14.7 Å². The van der Waals surface area contributed by atoms with Crippen LogP contribution in [0, 0.1) is 5.82 Å². The van der Waals surface area contributed by atoms with Crippen molar-refractivity contribution in [1.29, 1.82) is 0 Å². The Bertz CT molecular complexity index is 397. The van der Waals surface area contributed by atoms with Gasteiger partial charge in [-0.1, -0.05) is 6.07 Å². The lowest BCUT2D eigenvalue weighted by Crippen LogP contribution is -2.47. The van der Waals surface area contributed by atoms with Crippen LogP contribution < -0.4 is 4.90 Å². The molecule has 17 heavy (non-hydrogen) atoms. The van der Waals surface area contributed by atoms with Crippen molar-refractivity contribution in [3.05, 3.63) is 29.6 Å². The van der Waals surface area contributed by atoms with E-state index in [1.165, 1.54) is 6.07 Å². The predicted octanol–water partition coefficient (Wildman–Crippen LogP) is 1.93. The standard InChI is InChI=1S/C13H18FNO2/c1-9-8-17-10(2)6-15(9)13-5-3-4-12(14)11(13)7-16/h3-5,9-10,16H,6-8H2,1-2H3. The minimum Gasteiger partial charge on any atom is -0.391 e. The Hall–Kier alpha value is -1.13. The van der Waals surface area contributed by atoms with E-state index >= 15 is 0 Å². The highest BCUT2D eigenvalue weighted by atomic mass is 19.1. The van der Waals surface area contributed by atoms with E-state index in [9.17, 15) is 9.50 Å². The average molecular weight is 239 g/mol. The van der Waals surface area contributed by atoms with Gasteiger partial charge in [-0.05, 0) is 26.0 Å². The molecule has 2 unspecified atom stereocenters. The third kappa shape index (κ3) is 2.42. The van der Waals surface area contributed by atoms with Crippen LogP contribution in [-0.4, -0.2) is 30.4 Å². The van der Waals surface area contributed by atoms with Crippen molar-refractivity contribution in [3.63, 3.8) is 0 Å². The van der Waals surface area contributed by atoms with Crippen molar-refractivity contribution in [2.24, 2.45) is 0 Å². The molecule has 1 aliphatic heterocycles. The molecule has 0 amide bonds. The Kier molecular flexibility index (Phi) is 3.64. The number of aliphatic hydroxyl groups excluding tert-OH is 1. The summed E-state index contributed by atoms with van der Waals surface area (Å²) in [7, 11) is 0. The summed E-state index contributed by atoms with van der Waals surface area (Å²) >= 11 is 0. The van der Waals surface area contributed by atoms with Gasteiger partial charge in [0, 0.05) is 23.8 Å². The highest BCUT2D eigenvalue weighted by Crippen LogP contribution is 2.27. The van der Waals surface area contributed by atoms with E-state index in [1.54, 1.807) is 6.07 Å². The van der Waals surface area contributed by atoms with Crippen LogP contribution in [0.4, 0.5) is 10.1 Å². The van der Waals surface area contributed by atoms with Crippen LogP contribution in [0.3, 0.4) is 0 Å². The van der Waals surface area contributed by atoms with Gasteiger partial charge >= 0.3 is 0 Å². The van der Waals surface area contributed by atoms with E-state index in [0.717, 1.165) is 12.2 Å². The Morgan fingerprint density at radius 3 is 2.94 bits per heavy atom. The SMILES string of the molecule is CC1CN(c2cccc(F)c2CO)C(C)CO1. The van der Waals surface area contributed by atoms with Crippen molar-refractivity contribution in [3.8, 4) is 0 Å². The lowest BCUT2D eigenvalue weighted by Gasteiger charge is -2.39. The van der Waals surface area contributed by atoms with E-state index in [1.807, 2.05) is 19.9 Å². The second-order valence-corrected chi connectivity index (χ2v) is 4.54. The third-order valence-corrected chi connectivity index (χ3v) is 3.17. The molecule has 1 N–H and O–H groups in total. The van der Waals surface area contributed by atoms with Gasteiger partial charge in [0.2, 0.25) is 0 Å². The van der Waals surface area contributed by atoms with Crippen LogP contribution in [-0.2, 0) is 11.3 Å². The lowest BCUT2D eigenvalue weighted by atomic mass is 10.1. The van der Waals surface area contributed by atoms with Gasteiger partial charge in [-0.25, -0.2) is 4.39 Å². The fourth-order valence-corrected chi connectivity index (χ4v) is 2.21. The summed E-state index contributed by atoms with van der Waals surface area (Å²) in [6.07, 6.45) is 0.126. The topological polar surface area (TPSA) is 32.7 Å². The fourth-order valence-electron chi connectivity index (χ4n) is 2.21. The number of nitrogens with zero attached hydrogens (tertiary/aromatic N) is 1. The molecule has 0 bridgehead atoms. The quantitative estimate of drug-likeness (QED) is 0.856. The Labute approximate surface area is 101 Å². The van der Waals surface area contributed by atoms with Gasteiger partial charge in [0.05, 0.1) is 19.3 Å². The number of hydrogen-bond donors (Lipinski definition) is 1. The number of ether oxygens (including phenoxy) is 1. The van der Waals surface area contributed by atoms with E-state index in [4.69, 9.17) is 4.74 Å². The monoisotopic (exact) mass is 239 g/mol. The van der Waals surface area contributed by atoms with Gasteiger partial charge in [0.15, 0.2) is 0 Å². The summed E-state index contributed by atoms with van der Waals surface area (Å²) < 4.78 is 19.2. The summed E-state index contributed by atoms with van der Waals surface area (Å²) in [5, 5.41) is 9.28. The molecule has 1 fully saturated rings. The maximum Gasteiger partial charge on any atom is 0.130 e. The second kappa shape index (κ2) is 5.02. The summed E-state index contributed by atoms with van der Waals surface area (Å²) in [6, 6.07) is 5.10. The highest BCUT2D eigenvalue weighted by Gasteiger charge is 2.25. The summed E-state index contributed by atoms with van der Waals surface area (Å²) in [5.74, 6) is -0.351. The Morgan fingerprint density at radius 1 is 1.47 bits per heavy atom. The largest absolute Gasteiger partial charge is 0.391 e. The molecule has 94 valence electrons. The molecule has 0 spiro atoms. The van der Waals surface area contributed by atoms with Crippen LogP contribution in [0.15, 0.2) is 18.2 Å². The zero-order chi connectivity index (χ0) is 12.4. The zero-order valence-corrected chi connectivity index (χ0v) is 10.2. The van der Waals surface area contributed by atoms with Crippen LogP contribution in [0.2, 0.25) is 0 Å². The molecule has 2 rings (SSSR count). The van der Waals surface area contributed by atoms with Gasteiger partial charge in [-0.2, -0.15) is 0 Å². The predicted molar refractivity (Wildman–Crippen MR) is 64.5 cm³/mol. The molecular formula is C13H18FNO2. The normalized spacial score (nSPS) is 25.1. The number of rotatable bonds is 2. The number of benzene rings is 1. The average Bonchev–Trinajstić information content (AvgIpc) is 2.32. The van der Waals surface area contributed by atoms with Gasteiger partial charge in [0.25, 0.3) is 0 Å². The molecule has 1 saturated heterocycles. The molecule has 1 aliphatic rings. The molecule has 0 aliphatic carbocycles. The third-order valence-electron chi connectivity index (χ3n) is 3.17. The number of anilines is 1. The molecular weight excluding hydrogens is 221 g/mol. The molecule has 0 radical (unpaired) electrons. The Balaban J connectivity index is 2.35. The van der Waals surface area contributed by atoms with Crippen LogP contribution in [0.25, 0.3) is 0 Å². The van der Waals surface area contributed by atoms with Crippen LogP contribution in [0.5, 0.6) is 0 Å². The van der Waals surface area contributed by atoms with Crippen molar-refractivity contribution < 1.29 is 14.2 Å². The smallest absolute Gasteiger partial charge is 0.130 e. The van der Waals surface area contributed by atoms with E-state index in [2.05, 4.69) is 4.90 Å². The first-order valence-corrected chi connectivity index (χ1v) is 5.90. The number of aliphatic hydroxyl groups is 1. The summed E-state index contributed by atoms with van der Waals surface area (Å²) in [4.78, 5) is 2.10. The maximum absolute atomic E-state index is 13.6. The number of morpholine rings is 1. The molecule has 1 heterocycles. The van der Waals surface area contributed by atoms with Crippen molar-refractivity contribution >= 4 is 5.69 Å². The maximum atomic E-state index is 13.6. The van der Waals surface area contributed by atoms with Crippen LogP contribution in [0.1, 0.15) is 19.4 Å². The Morgan fingerprint density at radius 2 is 2.24 bits per heavy atom. The van der Waals surface area contributed by atoms with Gasteiger partial charge in [0.1, 0.15) is 5.82 Å². The first kappa shape index (κ1) is 12.3. The molecule has 2 atom stereocenters. The molecule has 0 saturated carbocycles. The van der Waals surface area contributed by atoms with Crippen LogP contribution >= 0.6 is 0 Å². The lowest BCUT2D eigenvalue weighted by molar-refractivity contribution is 0.0342. The minimum atomic E-state index is -0.351. The molecule has 1 aromatic carbocycles. The highest BCUT2D eigenvalue weighted by molar-refractivity contribution is 5.55. The molecule has 3 nitrogen and oxygen atoms in total. The van der Waals surface area contributed by atoms with E-state index in [-0.39, 0.29) is 24.6 Å². The minimum absolute atomic E-state index is 0.126. The van der Waals surface area contributed by atoms with Crippen molar-refractivity contribution in [1.82, 2.24) is 0 Å². The zero-order valence-electron chi connectivity index (χ0n) is 10.2. The molecule has 0 aromatic heterocycles. The second-order valence-electron chi connectivity index (χ2n) is 4.54. The molecule has 4 heteroatoms. The van der Waals surface area contributed by atoms with E-state index < -0.39 is 0 Å². The van der Waals surface area contributed by atoms with Gasteiger partial charge in [-0.3, -0.25) is 0 Å². The summed E-state index contributed by atoms with van der Waals surface area (Å²) in [6.45, 7) is 5.11.